The van der Waals surface area contributed by atoms with Crippen LogP contribution in [0.3, 0.4) is 0 Å². The van der Waals surface area contributed by atoms with E-state index < -0.39 is 0 Å². The predicted octanol–water partition coefficient (Wildman–Crippen LogP) is 1.82. The number of carbonyl (C=O) groups is 2. The maximum atomic E-state index is 12.1. The van der Waals surface area contributed by atoms with E-state index in [0.29, 0.717) is 18.6 Å². The second-order valence-corrected chi connectivity index (χ2v) is 7.10. The highest BCUT2D eigenvalue weighted by Crippen LogP contribution is 2.35. The molecule has 0 radical (unpaired) electrons. The van der Waals surface area contributed by atoms with E-state index in [9.17, 15) is 9.59 Å². The number of fused-ring (bicyclic) bond motifs is 3. The Morgan fingerprint density at radius 2 is 2.24 bits per heavy atom. The van der Waals surface area contributed by atoms with E-state index in [-0.39, 0.29) is 17.3 Å². The van der Waals surface area contributed by atoms with Crippen molar-refractivity contribution in [3.8, 4) is 0 Å². The number of esters is 1. The van der Waals surface area contributed by atoms with Crippen LogP contribution < -0.4 is 10.6 Å². The molecule has 1 aromatic heterocycles. The Morgan fingerprint density at radius 3 is 3.04 bits per heavy atom. The van der Waals surface area contributed by atoms with Crippen LogP contribution in [0.15, 0.2) is 24.3 Å². The molecule has 1 spiro atoms. The van der Waals surface area contributed by atoms with Crippen LogP contribution in [-0.2, 0) is 22.6 Å². The van der Waals surface area contributed by atoms with Crippen molar-refractivity contribution in [1.82, 2.24) is 15.2 Å². The van der Waals surface area contributed by atoms with Crippen molar-refractivity contribution in [3.05, 3.63) is 35.5 Å². The number of aromatic nitrogens is 1. The molecule has 2 aliphatic heterocycles. The summed E-state index contributed by atoms with van der Waals surface area (Å²) in [6, 6.07) is 7.87. The van der Waals surface area contributed by atoms with Gasteiger partial charge in [0.2, 0.25) is 5.91 Å². The molecule has 0 aliphatic carbocycles. The summed E-state index contributed by atoms with van der Waals surface area (Å²) in [4.78, 5) is 24.1. The first-order valence-corrected chi connectivity index (χ1v) is 8.87. The van der Waals surface area contributed by atoms with Crippen LogP contribution in [-0.4, -0.2) is 36.1 Å². The van der Waals surface area contributed by atoms with E-state index >= 15 is 0 Å². The van der Waals surface area contributed by atoms with Gasteiger partial charge in [0, 0.05) is 49.2 Å². The number of carbonyl (C=O) groups excluding carboxylic acids is 2. The first-order chi connectivity index (χ1) is 12.1. The van der Waals surface area contributed by atoms with Gasteiger partial charge >= 0.3 is 5.97 Å². The van der Waals surface area contributed by atoms with Crippen molar-refractivity contribution in [2.45, 2.75) is 32.9 Å². The number of nitrogens with one attached hydrogen (secondary N) is 2. The van der Waals surface area contributed by atoms with Gasteiger partial charge in [-0.25, -0.2) is 4.79 Å². The lowest BCUT2D eigenvalue weighted by molar-refractivity contribution is -0.126. The first kappa shape index (κ1) is 16.1. The molecule has 25 heavy (non-hydrogen) atoms. The summed E-state index contributed by atoms with van der Waals surface area (Å²) in [5.41, 5.74) is 2.73. The lowest BCUT2D eigenvalue weighted by Gasteiger charge is -2.36. The number of rotatable bonds is 2. The van der Waals surface area contributed by atoms with Crippen molar-refractivity contribution in [2.75, 3.05) is 19.7 Å². The van der Waals surface area contributed by atoms with Crippen LogP contribution in [0, 0.1) is 5.41 Å². The predicted molar refractivity (Wildman–Crippen MR) is 94.3 cm³/mol. The molecule has 6 nitrogen and oxygen atoms in total. The van der Waals surface area contributed by atoms with E-state index in [0.717, 1.165) is 43.5 Å². The third-order valence-corrected chi connectivity index (χ3v) is 5.31. The van der Waals surface area contributed by atoms with Gasteiger partial charge in [-0.05, 0) is 36.9 Å². The van der Waals surface area contributed by atoms with Crippen LogP contribution >= 0.6 is 0 Å². The minimum Gasteiger partial charge on any atom is -0.462 e. The minimum atomic E-state index is -0.293. The molecule has 1 unspecified atom stereocenters. The van der Waals surface area contributed by atoms with Crippen molar-refractivity contribution >= 4 is 22.8 Å². The maximum Gasteiger partial charge on any atom is 0.338 e. The van der Waals surface area contributed by atoms with Gasteiger partial charge in [0.1, 0.15) is 0 Å². The SMILES string of the molecule is CCOC(=O)c1ccc2cc3n(c2c1)CC1(CCNC(=O)C1)CNC3. The zero-order valence-electron chi connectivity index (χ0n) is 14.4. The molecule has 2 aromatic rings. The van der Waals surface area contributed by atoms with Gasteiger partial charge in [-0.3, -0.25) is 4.79 Å². The second kappa shape index (κ2) is 6.19. The van der Waals surface area contributed by atoms with Gasteiger partial charge in [0.25, 0.3) is 0 Å². The molecule has 1 atom stereocenters. The molecule has 2 aliphatic rings. The van der Waals surface area contributed by atoms with Crippen LogP contribution in [0.1, 0.15) is 35.8 Å². The third-order valence-electron chi connectivity index (χ3n) is 5.31. The van der Waals surface area contributed by atoms with Gasteiger partial charge in [0.15, 0.2) is 0 Å². The average Bonchev–Trinajstić information content (AvgIpc) is 2.82. The summed E-state index contributed by atoms with van der Waals surface area (Å²) in [6.45, 7) is 5.30. The van der Waals surface area contributed by atoms with Crippen molar-refractivity contribution in [2.24, 2.45) is 5.41 Å². The largest absolute Gasteiger partial charge is 0.462 e. The van der Waals surface area contributed by atoms with E-state index in [4.69, 9.17) is 4.74 Å². The molecule has 1 saturated heterocycles. The molecule has 1 fully saturated rings. The van der Waals surface area contributed by atoms with Crippen molar-refractivity contribution in [1.29, 1.82) is 0 Å². The Bertz CT molecular complexity index is 842. The Morgan fingerprint density at radius 1 is 1.36 bits per heavy atom. The Kier molecular flexibility index (Phi) is 4.00. The number of hydrogen-bond acceptors (Lipinski definition) is 4. The van der Waals surface area contributed by atoms with Crippen molar-refractivity contribution < 1.29 is 14.3 Å². The lowest BCUT2D eigenvalue weighted by atomic mass is 9.78. The molecule has 1 aromatic carbocycles. The lowest BCUT2D eigenvalue weighted by Crippen LogP contribution is -2.46. The topological polar surface area (TPSA) is 72.4 Å². The zero-order chi connectivity index (χ0) is 17.4. The summed E-state index contributed by atoms with van der Waals surface area (Å²) in [7, 11) is 0. The van der Waals surface area contributed by atoms with Gasteiger partial charge in [-0.15, -0.1) is 0 Å². The molecule has 3 heterocycles. The van der Waals surface area contributed by atoms with E-state index in [1.807, 2.05) is 25.1 Å². The molecule has 132 valence electrons. The van der Waals surface area contributed by atoms with E-state index in [1.54, 1.807) is 0 Å². The molecular weight excluding hydrogens is 318 g/mol. The van der Waals surface area contributed by atoms with Crippen molar-refractivity contribution in [3.63, 3.8) is 0 Å². The molecule has 1 amide bonds. The summed E-state index contributed by atoms with van der Waals surface area (Å²) in [5.74, 6) is -0.168. The third kappa shape index (κ3) is 2.91. The van der Waals surface area contributed by atoms with Crippen LogP contribution in [0.5, 0.6) is 0 Å². The second-order valence-electron chi connectivity index (χ2n) is 7.10. The average molecular weight is 341 g/mol. The van der Waals surface area contributed by atoms with Crippen LogP contribution in [0.25, 0.3) is 10.9 Å². The summed E-state index contributed by atoms with van der Waals surface area (Å²) < 4.78 is 7.41. The molecule has 6 heteroatoms. The number of amides is 1. The van der Waals surface area contributed by atoms with E-state index in [2.05, 4.69) is 21.3 Å². The fourth-order valence-electron chi connectivity index (χ4n) is 4.08. The monoisotopic (exact) mass is 341 g/mol. The number of hydrogen-bond donors (Lipinski definition) is 2. The Hall–Kier alpha value is -2.34. The van der Waals surface area contributed by atoms with Gasteiger partial charge < -0.3 is 19.9 Å². The number of piperidine rings is 1. The highest BCUT2D eigenvalue weighted by molar-refractivity contribution is 5.95. The van der Waals surface area contributed by atoms with Crippen LogP contribution in [0.4, 0.5) is 0 Å². The first-order valence-electron chi connectivity index (χ1n) is 8.87. The number of ether oxygens (including phenoxy) is 1. The summed E-state index contributed by atoms with van der Waals surface area (Å²) >= 11 is 0. The molecule has 4 rings (SSSR count). The highest BCUT2D eigenvalue weighted by Gasteiger charge is 2.38. The van der Waals surface area contributed by atoms with Gasteiger partial charge in [0.05, 0.1) is 12.2 Å². The fraction of sp³-hybridized carbons (Fsp3) is 0.474. The number of nitrogens with zero attached hydrogens (tertiary/aromatic N) is 1. The van der Waals surface area contributed by atoms with E-state index in [1.165, 1.54) is 5.69 Å². The normalized spacial score (nSPS) is 23.2. The minimum absolute atomic E-state index is 0.0700. The Labute approximate surface area is 146 Å². The number of benzene rings is 1. The summed E-state index contributed by atoms with van der Waals surface area (Å²) in [5, 5.41) is 7.55. The standard InChI is InChI=1S/C19H23N3O3/c1-2-25-18(24)14-4-3-13-7-15-10-20-11-19(5-6-21-17(23)9-19)12-22(15)16(13)8-14/h3-4,7-8,20H,2,5-6,9-12H2,1H3,(H,21,23). The highest BCUT2D eigenvalue weighted by atomic mass is 16.5. The van der Waals surface area contributed by atoms with Crippen LogP contribution in [0.2, 0.25) is 0 Å². The smallest absolute Gasteiger partial charge is 0.338 e. The van der Waals surface area contributed by atoms with Gasteiger partial charge in [-0.1, -0.05) is 6.07 Å². The maximum absolute atomic E-state index is 12.1. The summed E-state index contributed by atoms with van der Waals surface area (Å²) in [6.07, 6.45) is 1.50. The fourth-order valence-corrected chi connectivity index (χ4v) is 4.08. The Balaban J connectivity index is 1.75. The molecule has 0 saturated carbocycles. The molecule has 2 N–H and O–H groups in total. The molecule has 0 bridgehead atoms. The zero-order valence-corrected chi connectivity index (χ0v) is 14.4. The quantitative estimate of drug-likeness (QED) is 0.818. The van der Waals surface area contributed by atoms with Gasteiger partial charge in [-0.2, -0.15) is 0 Å². The molecular formula is C19H23N3O3.